The smallest absolute Gasteiger partial charge is 0.261 e. The van der Waals surface area contributed by atoms with Gasteiger partial charge in [0.25, 0.3) is 10.0 Å². The van der Waals surface area contributed by atoms with Crippen molar-refractivity contribution in [1.82, 2.24) is 0 Å². The van der Waals surface area contributed by atoms with E-state index in [-0.39, 0.29) is 28.0 Å². The van der Waals surface area contributed by atoms with E-state index in [1.165, 1.54) is 24.3 Å². The third-order valence-electron chi connectivity index (χ3n) is 4.01. The summed E-state index contributed by atoms with van der Waals surface area (Å²) in [5.41, 5.74) is -0.452. The molecule has 152 valence electrons. The summed E-state index contributed by atoms with van der Waals surface area (Å²) < 4.78 is 55.3. The van der Waals surface area contributed by atoms with Crippen molar-refractivity contribution in [2.45, 2.75) is 45.4 Å². The van der Waals surface area contributed by atoms with E-state index in [0.29, 0.717) is 5.69 Å². The first-order chi connectivity index (χ1) is 12.8. The molecule has 0 aliphatic carbocycles. The predicted molar refractivity (Wildman–Crippen MR) is 106 cm³/mol. The fraction of sp³-hybridized carbons (Fsp3) is 0.350. The average Bonchev–Trinajstić information content (AvgIpc) is 2.52. The van der Waals surface area contributed by atoms with Gasteiger partial charge in [0.2, 0.25) is 5.91 Å². The van der Waals surface area contributed by atoms with Gasteiger partial charge in [-0.05, 0) is 42.3 Å². The summed E-state index contributed by atoms with van der Waals surface area (Å²) in [6.07, 6.45) is 0. The second-order valence-corrected chi connectivity index (χ2v) is 9.52. The summed E-state index contributed by atoms with van der Waals surface area (Å²) >= 11 is 0. The summed E-state index contributed by atoms with van der Waals surface area (Å²) in [7, 11) is -4.05. The topological polar surface area (TPSA) is 75.3 Å². The van der Waals surface area contributed by atoms with Gasteiger partial charge in [-0.25, -0.2) is 17.2 Å². The van der Waals surface area contributed by atoms with Crippen LogP contribution >= 0.6 is 0 Å². The molecule has 0 fully saturated rings. The Morgan fingerprint density at radius 2 is 1.46 bits per heavy atom. The van der Waals surface area contributed by atoms with Crippen LogP contribution in [0, 0.1) is 17.0 Å². The van der Waals surface area contributed by atoms with Crippen molar-refractivity contribution in [3.8, 4) is 0 Å². The third-order valence-corrected chi connectivity index (χ3v) is 5.41. The average molecular weight is 410 g/mol. The minimum Gasteiger partial charge on any atom is -0.326 e. The number of benzene rings is 2. The van der Waals surface area contributed by atoms with Crippen LogP contribution in [0.5, 0.6) is 0 Å². The molecule has 28 heavy (non-hydrogen) atoms. The van der Waals surface area contributed by atoms with Gasteiger partial charge in [0.1, 0.15) is 11.6 Å². The molecule has 2 rings (SSSR count). The molecular weight excluding hydrogens is 386 g/mol. The normalized spacial score (nSPS) is 12.1. The SMILES string of the molecule is CC(C)c1c(F)cc(NS(=O)(=O)c2ccc(NC(=O)C(C)(C)C)cc2)cc1F. The molecule has 0 heterocycles. The maximum atomic E-state index is 14.1. The lowest BCUT2D eigenvalue weighted by Gasteiger charge is -2.18. The Hall–Kier alpha value is -2.48. The molecule has 0 atom stereocenters. The van der Waals surface area contributed by atoms with E-state index in [1.54, 1.807) is 34.6 Å². The highest BCUT2D eigenvalue weighted by Crippen LogP contribution is 2.27. The molecule has 0 bridgehead atoms. The highest BCUT2D eigenvalue weighted by molar-refractivity contribution is 7.92. The molecule has 0 saturated carbocycles. The Kier molecular flexibility index (Phi) is 6.13. The maximum Gasteiger partial charge on any atom is 0.261 e. The zero-order chi connectivity index (χ0) is 21.3. The first kappa shape index (κ1) is 21.8. The zero-order valence-corrected chi connectivity index (χ0v) is 17.2. The third kappa shape index (κ3) is 5.07. The molecule has 0 saturated heterocycles. The van der Waals surface area contributed by atoms with Crippen LogP contribution < -0.4 is 10.0 Å². The molecule has 0 spiro atoms. The standard InChI is InChI=1S/C20H24F2N2O3S/c1-12(2)18-16(21)10-14(11-17(18)22)24-28(26,27)15-8-6-13(7-9-15)23-19(25)20(3,4)5/h6-12,24H,1-5H3,(H,23,25). The van der Waals surface area contributed by atoms with Gasteiger partial charge in [-0.15, -0.1) is 0 Å². The van der Waals surface area contributed by atoms with Crippen LogP contribution in [-0.4, -0.2) is 14.3 Å². The maximum absolute atomic E-state index is 14.1. The van der Waals surface area contributed by atoms with E-state index in [2.05, 4.69) is 10.0 Å². The van der Waals surface area contributed by atoms with E-state index < -0.39 is 27.1 Å². The van der Waals surface area contributed by atoms with E-state index in [9.17, 15) is 22.0 Å². The van der Waals surface area contributed by atoms with Gasteiger partial charge in [-0.1, -0.05) is 34.6 Å². The fourth-order valence-corrected chi connectivity index (χ4v) is 3.49. The highest BCUT2D eigenvalue weighted by Gasteiger charge is 2.22. The number of halogens is 2. The fourth-order valence-electron chi connectivity index (χ4n) is 2.44. The van der Waals surface area contributed by atoms with Crippen molar-refractivity contribution in [2.75, 3.05) is 10.0 Å². The van der Waals surface area contributed by atoms with Crippen molar-refractivity contribution in [1.29, 1.82) is 0 Å². The van der Waals surface area contributed by atoms with Gasteiger partial charge in [0.05, 0.1) is 10.6 Å². The van der Waals surface area contributed by atoms with Crippen LogP contribution in [-0.2, 0) is 14.8 Å². The lowest BCUT2D eigenvalue weighted by Crippen LogP contribution is -2.27. The Bertz CT molecular complexity index is 956. The Balaban J connectivity index is 2.23. The molecule has 2 aromatic rings. The van der Waals surface area contributed by atoms with Gasteiger partial charge in [-0.3, -0.25) is 9.52 Å². The molecule has 2 aromatic carbocycles. The van der Waals surface area contributed by atoms with Crippen molar-refractivity contribution >= 4 is 27.3 Å². The number of carbonyl (C=O) groups excluding carboxylic acids is 1. The van der Waals surface area contributed by atoms with Crippen LogP contribution in [0.4, 0.5) is 20.2 Å². The summed E-state index contributed by atoms with van der Waals surface area (Å²) in [6, 6.07) is 7.40. The number of hydrogen-bond acceptors (Lipinski definition) is 3. The van der Waals surface area contributed by atoms with E-state index in [1.807, 2.05) is 0 Å². The van der Waals surface area contributed by atoms with Crippen molar-refractivity contribution in [2.24, 2.45) is 5.41 Å². The number of sulfonamides is 1. The van der Waals surface area contributed by atoms with Crippen molar-refractivity contribution in [3.05, 3.63) is 53.6 Å². The number of anilines is 2. The molecule has 0 aliphatic heterocycles. The summed E-state index contributed by atoms with van der Waals surface area (Å²) in [4.78, 5) is 11.9. The second-order valence-electron chi connectivity index (χ2n) is 7.84. The molecule has 5 nitrogen and oxygen atoms in total. The van der Waals surface area contributed by atoms with Crippen LogP contribution in [0.15, 0.2) is 41.3 Å². The number of carbonyl (C=O) groups is 1. The summed E-state index contributed by atoms with van der Waals surface area (Å²) in [5, 5.41) is 2.69. The summed E-state index contributed by atoms with van der Waals surface area (Å²) in [6.45, 7) is 8.56. The van der Waals surface area contributed by atoms with Gasteiger partial charge in [0.15, 0.2) is 0 Å². The molecular formula is C20H24F2N2O3S. The zero-order valence-electron chi connectivity index (χ0n) is 16.4. The number of hydrogen-bond donors (Lipinski definition) is 2. The van der Waals surface area contributed by atoms with Crippen molar-refractivity contribution < 1.29 is 22.0 Å². The minimum absolute atomic E-state index is 0.0955. The lowest BCUT2D eigenvalue weighted by molar-refractivity contribution is -0.123. The van der Waals surface area contributed by atoms with Gasteiger partial charge >= 0.3 is 0 Å². The Morgan fingerprint density at radius 1 is 0.964 bits per heavy atom. The number of nitrogens with one attached hydrogen (secondary N) is 2. The first-order valence-electron chi connectivity index (χ1n) is 8.74. The quantitative estimate of drug-likeness (QED) is 0.738. The van der Waals surface area contributed by atoms with E-state index in [0.717, 1.165) is 12.1 Å². The molecule has 0 radical (unpaired) electrons. The number of amides is 1. The van der Waals surface area contributed by atoms with E-state index in [4.69, 9.17) is 0 Å². The molecule has 1 amide bonds. The van der Waals surface area contributed by atoms with E-state index >= 15 is 0 Å². The van der Waals surface area contributed by atoms with Gasteiger partial charge in [-0.2, -0.15) is 0 Å². The predicted octanol–water partition coefficient (Wildman–Crippen LogP) is 4.87. The Morgan fingerprint density at radius 3 is 1.89 bits per heavy atom. The largest absolute Gasteiger partial charge is 0.326 e. The molecule has 0 unspecified atom stereocenters. The molecule has 0 aromatic heterocycles. The van der Waals surface area contributed by atoms with Gasteiger partial charge in [0, 0.05) is 16.7 Å². The second kappa shape index (κ2) is 7.87. The summed E-state index contributed by atoms with van der Waals surface area (Å²) in [5.74, 6) is -2.21. The first-order valence-corrected chi connectivity index (χ1v) is 10.2. The Labute approximate surface area is 164 Å². The monoisotopic (exact) mass is 410 g/mol. The molecule has 8 heteroatoms. The van der Waals surface area contributed by atoms with Crippen LogP contribution in [0.2, 0.25) is 0 Å². The molecule has 2 N–H and O–H groups in total. The van der Waals surface area contributed by atoms with Crippen molar-refractivity contribution in [3.63, 3.8) is 0 Å². The molecule has 0 aliphatic rings. The number of rotatable bonds is 5. The lowest BCUT2D eigenvalue weighted by atomic mass is 9.95. The van der Waals surface area contributed by atoms with Crippen LogP contribution in [0.1, 0.15) is 46.1 Å². The van der Waals surface area contributed by atoms with Gasteiger partial charge < -0.3 is 5.32 Å². The minimum atomic E-state index is -4.05. The highest BCUT2D eigenvalue weighted by atomic mass is 32.2. The van der Waals surface area contributed by atoms with Crippen LogP contribution in [0.3, 0.4) is 0 Å². The van der Waals surface area contributed by atoms with Crippen LogP contribution in [0.25, 0.3) is 0 Å².